The van der Waals surface area contributed by atoms with Crippen LogP contribution in [0.15, 0.2) is 36.8 Å². The fourth-order valence-electron chi connectivity index (χ4n) is 2.23. The third-order valence-electron chi connectivity index (χ3n) is 3.23. The Bertz CT molecular complexity index is 573. The number of rotatable bonds is 2. The fourth-order valence-corrected chi connectivity index (χ4v) is 2.23. The van der Waals surface area contributed by atoms with E-state index in [9.17, 15) is 5.11 Å². The average molecular weight is 256 g/mol. The van der Waals surface area contributed by atoms with Gasteiger partial charge in [-0.2, -0.15) is 0 Å². The maximum atomic E-state index is 10.6. The van der Waals surface area contributed by atoms with Crippen LogP contribution in [0.1, 0.15) is 49.3 Å². The molecule has 2 rings (SSSR count). The van der Waals surface area contributed by atoms with Crippen LogP contribution >= 0.6 is 0 Å². The number of hydrogen-bond donors (Lipinski definition) is 1. The summed E-state index contributed by atoms with van der Waals surface area (Å²) in [4.78, 5) is 8.42. The topological polar surface area (TPSA) is 46.0 Å². The first-order chi connectivity index (χ1) is 8.91. The van der Waals surface area contributed by atoms with E-state index in [0.717, 1.165) is 22.4 Å². The summed E-state index contributed by atoms with van der Waals surface area (Å²) in [5.41, 5.74) is 3.52. The second kappa shape index (κ2) is 5.10. The molecule has 1 unspecified atom stereocenters. The highest BCUT2D eigenvalue weighted by Gasteiger charge is 2.24. The van der Waals surface area contributed by atoms with Crippen molar-refractivity contribution in [2.45, 2.75) is 39.2 Å². The highest BCUT2D eigenvalue weighted by atomic mass is 16.3. The molecular weight excluding hydrogens is 236 g/mol. The maximum absolute atomic E-state index is 10.6. The SMILES string of the molecule is Cc1ccccc1C(O)c1cncnc1C(C)(C)C. The van der Waals surface area contributed by atoms with Crippen LogP contribution < -0.4 is 0 Å². The minimum Gasteiger partial charge on any atom is -0.384 e. The molecule has 3 nitrogen and oxygen atoms in total. The van der Waals surface area contributed by atoms with E-state index in [1.807, 2.05) is 31.2 Å². The highest BCUT2D eigenvalue weighted by molar-refractivity contribution is 5.37. The van der Waals surface area contributed by atoms with Gasteiger partial charge in [0.15, 0.2) is 0 Å². The lowest BCUT2D eigenvalue weighted by molar-refractivity contribution is 0.215. The van der Waals surface area contributed by atoms with Crippen LogP contribution in [0.5, 0.6) is 0 Å². The Morgan fingerprint density at radius 1 is 1.11 bits per heavy atom. The Hall–Kier alpha value is -1.74. The summed E-state index contributed by atoms with van der Waals surface area (Å²) in [5.74, 6) is 0. The van der Waals surface area contributed by atoms with Crippen molar-refractivity contribution in [3.05, 3.63) is 59.2 Å². The Kier molecular flexibility index (Phi) is 3.67. The van der Waals surface area contributed by atoms with Crippen molar-refractivity contribution >= 4 is 0 Å². The van der Waals surface area contributed by atoms with E-state index in [4.69, 9.17) is 0 Å². The highest BCUT2D eigenvalue weighted by Crippen LogP contribution is 2.31. The summed E-state index contributed by atoms with van der Waals surface area (Å²) in [7, 11) is 0. The van der Waals surface area contributed by atoms with E-state index in [-0.39, 0.29) is 5.41 Å². The lowest BCUT2D eigenvalue weighted by Crippen LogP contribution is -2.19. The molecule has 0 aliphatic carbocycles. The van der Waals surface area contributed by atoms with Gasteiger partial charge in [-0.25, -0.2) is 9.97 Å². The molecule has 1 atom stereocenters. The van der Waals surface area contributed by atoms with Gasteiger partial charge in [-0.1, -0.05) is 45.0 Å². The van der Waals surface area contributed by atoms with Gasteiger partial charge in [0.1, 0.15) is 12.4 Å². The predicted molar refractivity (Wildman–Crippen MR) is 76.0 cm³/mol. The Morgan fingerprint density at radius 2 is 1.79 bits per heavy atom. The number of aliphatic hydroxyl groups is 1. The van der Waals surface area contributed by atoms with Crippen LogP contribution in [0.2, 0.25) is 0 Å². The summed E-state index contributed by atoms with van der Waals surface area (Å²) >= 11 is 0. The van der Waals surface area contributed by atoms with Crippen molar-refractivity contribution in [1.29, 1.82) is 0 Å². The number of hydrogen-bond acceptors (Lipinski definition) is 3. The zero-order valence-electron chi connectivity index (χ0n) is 11.9. The Balaban J connectivity index is 2.51. The monoisotopic (exact) mass is 256 g/mol. The third-order valence-corrected chi connectivity index (χ3v) is 3.23. The number of aryl methyl sites for hydroxylation is 1. The maximum Gasteiger partial charge on any atom is 0.115 e. The first-order valence-electron chi connectivity index (χ1n) is 6.45. The summed E-state index contributed by atoms with van der Waals surface area (Å²) < 4.78 is 0. The van der Waals surface area contributed by atoms with E-state index in [1.54, 1.807) is 6.20 Å². The van der Waals surface area contributed by atoms with Gasteiger partial charge >= 0.3 is 0 Å². The van der Waals surface area contributed by atoms with Gasteiger partial charge in [-0.3, -0.25) is 0 Å². The van der Waals surface area contributed by atoms with Crippen LogP contribution in [0.25, 0.3) is 0 Å². The average Bonchev–Trinajstić information content (AvgIpc) is 2.37. The van der Waals surface area contributed by atoms with Gasteiger partial charge in [0.05, 0.1) is 5.69 Å². The van der Waals surface area contributed by atoms with E-state index in [2.05, 4.69) is 30.7 Å². The molecule has 1 N–H and O–H groups in total. The van der Waals surface area contributed by atoms with Gasteiger partial charge in [-0.15, -0.1) is 0 Å². The van der Waals surface area contributed by atoms with E-state index < -0.39 is 6.10 Å². The smallest absolute Gasteiger partial charge is 0.115 e. The van der Waals surface area contributed by atoms with Crippen LogP contribution in [0.4, 0.5) is 0 Å². The van der Waals surface area contributed by atoms with E-state index >= 15 is 0 Å². The molecule has 1 aromatic carbocycles. The fraction of sp³-hybridized carbons (Fsp3) is 0.375. The van der Waals surface area contributed by atoms with Gasteiger partial charge < -0.3 is 5.11 Å². The summed E-state index contributed by atoms with van der Waals surface area (Å²) in [5, 5.41) is 10.6. The van der Waals surface area contributed by atoms with Crippen molar-refractivity contribution in [1.82, 2.24) is 9.97 Å². The van der Waals surface area contributed by atoms with Crippen LogP contribution in [-0.4, -0.2) is 15.1 Å². The molecule has 3 heteroatoms. The van der Waals surface area contributed by atoms with Gasteiger partial charge in [0, 0.05) is 17.2 Å². The molecule has 0 saturated heterocycles. The van der Waals surface area contributed by atoms with E-state index in [1.165, 1.54) is 6.33 Å². The van der Waals surface area contributed by atoms with Gasteiger partial charge in [0.2, 0.25) is 0 Å². The molecule has 0 radical (unpaired) electrons. The third kappa shape index (κ3) is 2.82. The molecule has 0 saturated carbocycles. The number of benzene rings is 1. The first kappa shape index (κ1) is 13.7. The largest absolute Gasteiger partial charge is 0.384 e. The molecule has 0 spiro atoms. The standard InChI is InChI=1S/C16H20N2O/c1-11-7-5-6-8-12(11)14(19)13-9-17-10-18-15(13)16(2,3)4/h5-10,14,19H,1-4H3. The summed E-state index contributed by atoms with van der Waals surface area (Å²) in [6.45, 7) is 8.26. The molecule has 0 aliphatic heterocycles. The number of nitrogens with zero attached hydrogens (tertiary/aromatic N) is 2. The molecule has 0 bridgehead atoms. The van der Waals surface area contributed by atoms with Crippen LogP contribution in [0.3, 0.4) is 0 Å². The second-order valence-electron chi connectivity index (χ2n) is 5.84. The zero-order chi connectivity index (χ0) is 14.0. The molecule has 100 valence electrons. The molecule has 19 heavy (non-hydrogen) atoms. The first-order valence-corrected chi connectivity index (χ1v) is 6.45. The summed E-state index contributed by atoms with van der Waals surface area (Å²) in [6.07, 6.45) is 2.57. The second-order valence-corrected chi connectivity index (χ2v) is 5.84. The molecule has 0 amide bonds. The van der Waals surface area contributed by atoms with E-state index in [0.29, 0.717) is 0 Å². The van der Waals surface area contributed by atoms with Crippen molar-refractivity contribution < 1.29 is 5.11 Å². The van der Waals surface area contributed by atoms with Crippen LogP contribution in [-0.2, 0) is 5.41 Å². The molecular formula is C16H20N2O. The quantitative estimate of drug-likeness (QED) is 0.897. The predicted octanol–water partition coefficient (Wildman–Crippen LogP) is 3.16. The van der Waals surface area contributed by atoms with Gasteiger partial charge in [-0.05, 0) is 18.1 Å². The normalized spacial score (nSPS) is 13.3. The zero-order valence-corrected chi connectivity index (χ0v) is 11.9. The lowest BCUT2D eigenvalue weighted by Gasteiger charge is -2.24. The number of aliphatic hydroxyl groups excluding tert-OH is 1. The van der Waals surface area contributed by atoms with Crippen LogP contribution in [0, 0.1) is 6.92 Å². The number of aromatic nitrogens is 2. The molecule has 0 aliphatic rings. The molecule has 2 aromatic rings. The van der Waals surface area contributed by atoms with Crippen molar-refractivity contribution in [3.63, 3.8) is 0 Å². The van der Waals surface area contributed by atoms with Crippen molar-refractivity contribution in [2.75, 3.05) is 0 Å². The lowest BCUT2D eigenvalue weighted by atomic mass is 9.85. The summed E-state index contributed by atoms with van der Waals surface area (Å²) in [6, 6.07) is 7.85. The molecule has 1 aromatic heterocycles. The van der Waals surface area contributed by atoms with Crippen molar-refractivity contribution in [2.24, 2.45) is 0 Å². The van der Waals surface area contributed by atoms with Crippen molar-refractivity contribution in [3.8, 4) is 0 Å². The Labute approximate surface area is 114 Å². The Morgan fingerprint density at radius 3 is 2.42 bits per heavy atom. The van der Waals surface area contributed by atoms with Gasteiger partial charge in [0.25, 0.3) is 0 Å². The minimum atomic E-state index is -0.684. The minimum absolute atomic E-state index is 0.123. The molecule has 1 heterocycles. The molecule has 0 fully saturated rings.